The summed E-state index contributed by atoms with van der Waals surface area (Å²) >= 11 is 0. The molecule has 3 rings (SSSR count). The summed E-state index contributed by atoms with van der Waals surface area (Å²) in [6.07, 6.45) is 3.22. The van der Waals surface area contributed by atoms with Gasteiger partial charge in [-0.1, -0.05) is 12.1 Å². The average Bonchev–Trinajstić information content (AvgIpc) is 3.09. The number of aliphatic imine (C=N–C) groups is 1. The highest BCUT2D eigenvalue weighted by Crippen LogP contribution is 2.08. The largest absolute Gasteiger partial charge is 0.352 e. The Balaban J connectivity index is 1.63. The lowest BCUT2D eigenvalue weighted by Crippen LogP contribution is -2.35. The van der Waals surface area contributed by atoms with Crippen LogP contribution in [0.4, 0.5) is 0 Å². The monoisotopic (exact) mass is 256 g/mol. The van der Waals surface area contributed by atoms with Crippen molar-refractivity contribution >= 4 is 5.96 Å². The molecule has 1 N–H and O–H groups in total. The van der Waals surface area contributed by atoms with Crippen molar-refractivity contribution < 1.29 is 0 Å². The van der Waals surface area contributed by atoms with Crippen molar-refractivity contribution in [1.82, 2.24) is 25.0 Å². The summed E-state index contributed by atoms with van der Waals surface area (Å²) in [7, 11) is 2.05. The van der Waals surface area contributed by atoms with E-state index in [4.69, 9.17) is 0 Å². The van der Waals surface area contributed by atoms with Crippen LogP contribution in [0.3, 0.4) is 0 Å². The van der Waals surface area contributed by atoms with Crippen molar-refractivity contribution in [3.05, 3.63) is 42.5 Å². The smallest absolute Gasteiger partial charge is 0.194 e. The van der Waals surface area contributed by atoms with Gasteiger partial charge in [0.15, 0.2) is 5.96 Å². The number of nitrogens with one attached hydrogen (secondary N) is 1. The van der Waals surface area contributed by atoms with Crippen LogP contribution >= 0.6 is 0 Å². The van der Waals surface area contributed by atoms with E-state index in [-0.39, 0.29) is 0 Å². The maximum Gasteiger partial charge on any atom is 0.194 e. The topological polar surface area (TPSA) is 58.3 Å². The van der Waals surface area contributed by atoms with Crippen LogP contribution in [0.5, 0.6) is 0 Å². The summed E-state index contributed by atoms with van der Waals surface area (Å²) < 4.78 is 1.74. The van der Waals surface area contributed by atoms with Crippen LogP contribution in [-0.2, 0) is 6.54 Å². The molecule has 0 amide bonds. The summed E-state index contributed by atoms with van der Waals surface area (Å²) in [5, 5.41) is 7.44. The molecule has 0 bridgehead atoms. The molecule has 0 aliphatic carbocycles. The molecule has 0 spiro atoms. The molecule has 0 radical (unpaired) electrons. The van der Waals surface area contributed by atoms with Gasteiger partial charge in [-0.25, -0.2) is 9.67 Å². The zero-order valence-electron chi connectivity index (χ0n) is 10.8. The van der Waals surface area contributed by atoms with Crippen LogP contribution < -0.4 is 5.32 Å². The van der Waals surface area contributed by atoms with E-state index in [1.165, 1.54) is 11.9 Å². The third kappa shape index (κ3) is 2.57. The number of aromatic nitrogens is 3. The first-order valence-electron chi connectivity index (χ1n) is 6.26. The van der Waals surface area contributed by atoms with Crippen LogP contribution in [0.15, 0.2) is 41.9 Å². The second-order valence-corrected chi connectivity index (χ2v) is 4.49. The molecule has 6 nitrogen and oxygen atoms in total. The van der Waals surface area contributed by atoms with Crippen molar-refractivity contribution in [3.63, 3.8) is 0 Å². The fourth-order valence-electron chi connectivity index (χ4n) is 2.01. The molecule has 1 aromatic carbocycles. The maximum absolute atomic E-state index is 4.40. The third-order valence-electron chi connectivity index (χ3n) is 3.13. The van der Waals surface area contributed by atoms with E-state index in [0.29, 0.717) is 0 Å². The van der Waals surface area contributed by atoms with Gasteiger partial charge in [-0.15, -0.1) is 0 Å². The molecule has 2 heterocycles. The van der Waals surface area contributed by atoms with Crippen LogP contribution in [0.1, 0.15) is 5.56 Å². The van der Waals surface area contributed by atoms with Gasteiger partial charge < -0.3 is 10.2 Å². The Labute approximate surface area is 111 Å². The minimum Gasteiger partial charge on any atom is -0.352 e. The Kier molecular flexibility index (Phi) is 3.14. The number of benzene rings is 1. The van der Waals surface area contributed by atoms with Crippen molar-refractivity contribution in [3.8, 4) is 5.69 Å². The van der Waals surface area contributed by atoms with Gasteiger partial charge in [0, 0.05) is 20.1 Å². The highest BCUT2D eigenvalue weighted by atomic mass is 15.3. The number of hydrogen-bond acceptors (Lipinski definition) is 5. The number of hydrogen-bond donors (Lipinski definition) is 1. The highest BCUT2D eigenvalue weighted by Gasteiger charge is 2.11. The van der Waals surface area contributed by atoms with Gasteiger partial charge >= 0.3 is 0 Å². The van der Waals surface area contributed by atoms with Crippen LogP contribution in [-0.4, -0.2) is 45.8 Å². The highest BCUT2D eigenvalue weighted by molar-refractivity contribution is 5.81. The molecule has 2 aromatic rings. The second kappa shape index (κ2) is 5.09. The molecule has 0 fully saturated rings. The first kappa shape index (κ1) is 11.7. The molecular formula is C13H16N6. The molecular weight excluding hydrogens is 240 g/mol. The van der Waals surface area contributed by atoms with Gasteiger partial charge in [-0.05, 0) is 17.7 Å². The minimum atomic E-state index is 0.779. The molecule has 1 aliphatic rings. The Morgan fingerprint density at radius 2 is 2.11 bits per heavy atom. The number of rotatable bonds is 3. The fraction of sp³-hybridized carbons (Fsp3) is 0.308. The lowest BCUT2D eigenvalue weighted by atomic mass is 10.2. The van der Waals surface area contributed by atoms with Gasteiger partial charge in [-0.2, -0.15) is 5.10 Å². The van der Waals surface area contributed by atoms with Gasteiger partial charge in [-0.3, -0.25) is 4.99 Å². The maximum atomic E-state index is 4.40. The Morgan fingerprint density at radius 3 is 2.74 bits per heavy atom. The van der Waals surface area contributed by atoms with Gasteiger partial charge in [0.2, 0.25) is 0 Å². The standard InChI is InChI=1S/C13H16N6/c1-18-7-6-15-13(18)16-8-11-2-4-12(5-3-11)19-10-14-9-17-19/h2-5,9-10H,6-8H2,1H3,(H,15,16). The number of likely N-dealkylation sites (N-methyl/N-ethyl adjacent to an activating group) is 1. The lowest BCUT2D eigenvalue weighted by Gasteiger charge is -2.15. The van der Waals surface area contributed by atoms with E-state index in [1.807, 2.05) is 19.2 Å². The van der Waals surface area contributed by atoms with Crippen molar-refractivity contribution in [2.75, 3.05) is 20.1 Å². The molecule has 0 saturated heterocycles. The summed E-state index contributed by atoms with van der Waals surface area (Å²) in [5.41, 5.74) is 2.23. The molecule has 1 aliphatic heterocycles. The molecule has 0 atom stereocenters. The van der Waals surface area contributed by atoms with Crippen LogP contribution in [0.2, 0.25) is 0 Å². The Hall–Kier alpha value is -2.37. The average molecular weight is 256 g/mol. The fourth-order valence-corrected chi connectivity index (χ4v) is 2.01. The Morgan fingerprint density at radius 1 is 1.26 bits per heavy atom. The predicted octanol–water partition coefficient (Wildman–Crippen LogP) is 0.658. The van der Waals surface area contributed by atoms with Gasteiger partial charge in [0.1, 0.15) is 12.7 Å². The molecule has 0 unspecified atom stereocenters. The summed E-state index contributed by atoms with van der Waals surface area (Å²) in [6.45, 7) is 2.65. The van der Waals surface area contributed by atoms with Gasteiger partial charge in [0.05, 0.1) is 12.2 Å². The van der Waals surface area contributed by atoms with Gasteiger partial charge in [0.25, 0.3) is 0 Å². The predicted molar refractivity (Wildman–Crippen MR) is 73.1 cm³/mol. The van der Waals surface area contributed by atoms with E-state index >= 15 is 0 Å². The summed E-state index contributed by atoms with van der Waals surface area (Å²) in [5.74, 6) is 0.973. The van der Waals surface area contributed by atoms with Crippen molar-refractivity contribution in [1.29, 1.82) is 0 Å². The summed E-state index contributed by atoms with van der Waals surface area (Å²) in [4.78, 5) is 10.5. The molecule has 6 heteroatoms. The molecule has 19 heavy (non-hydrogen) atoms. The zero-order chi connectivity index (χ0) is 13.1. The van der Waals surface area contributed by atoms with Crippen LogP contribution in [0, 0.1) is 0 Å². The first-order chi connectivity index (χ1) is 9.33. The lowest BCUT2D eigenvalue weighted by molar-refractivity contribution is 0.534. The molecule has 98 valence electrons. The number of guanidine groups is 1. The number of nitrogens with zero attached hydrogens (tertiary/aromatic N) is 5. The normalized spacial score (nSPS) is 14.6. The molecule has 1 aromatic heterocycles. The molecule has 0 saturated carbocycles. The van der Waals surface area contributed by atoms with E-state index in [9.17, 15) is 0 Å². The quantitative estimate of drug-likeness (QED) is 0.876. The SMILES string of the molecule is CN1CCN=C1NCc1ccc(-n2cncn2)cc1. The minimum absolute atomic E-state index is 0.779. The van der Waals surface area contributed by atoms with Crippen molar-refractivity contribution in [2.45, 2.75) is 6.54 Å². The summed E-state index contributed by atoms with van der Waals surface area (Å²) in [6, 6.07) is 8.23. The second-order valence-electron chi connectivity index (χ2n) is 4.49. The van der Waals surface area contributed by atoms with E-state index in [2.05, 4.69) is 37.4 Å². The zero-order valence-corrected chi connectivity index (χ0v) is 10.8. The van der Waals surface area contributed by atoms with Crippen LogP contribution in [0.25, 0.3) is 5.69 Å². The van der Waals surface area contributed by atoms with E-state index in [0.717, 1.165) is 31.3 Å². The van der Waals surface area contributed by atoms with E-state index < -0.39 is 0 Å². The van der Waals surface area contributed by atoms with Crippen molar-refractivity contribution in [2.24, 2.45) is 4.99 Å². The first-order valence-corrected chi connectivity index (χ1v) is 6.26. The third-order valence-corrected chi connectivity index (χ3v) is 3.13. The Bertz CT molecular complexity index is 557. The van der Waals surface area contributed by atoms with E-state index in [1.54, 1.807) is 11.0 Å².